The maximum Gasteiger partial charge on any atom is 0.0441 e. The molecule has 0 aromatic heterocycles. The lowest BCUT2D eigenvalue weighted by Crippen LogP contribution is -2.33. The molecule has 2 aromatic rings. The van der Waals surface area contributed by atoms with Crippen LogP contribution >= 0.6 is 23.2 Å². The Morgan fingerprint density at radius 2 is 1.62 bits per heavy atom. The van der Waals surface area contributed by atoms with Crippen LogP contribution in [0.3, 0.4) is 0 Å². The van der Waals surface area contributed by atoms with Crippen LogP contribution < -0.4 is 5.32 Å². The maximum atomic E-state index is 6.35. The molecule has 0 spiro atoms. The molecule has 2 aromatic carbocycles. The Labute approximate surface area is 137 Å². The highest BCUT2D eigenvalue weighted by atomic mass is 35.5. The van der Waals surface area contributed by atoms with Crippen LogP contribution in [0.15, 0.2) is 42.5 Å². The van der Waals surface area contributed by atoms with Gasteiger partial charge >= 0.3 is 0 Å². The zero-order valence-corrected chi connectivity index (χ0v) is 14.0. The Hall–Kier alpha value is -1.02. The fraction of sp³-hybridized carbons (Fsp3) is 0.333. The highest BCUT2D eigenvalue weighted by Gasteiger charge is 2.13. The predicted octanol–water partition coefficient (Wildman–Crippen LogP) is 5.07. The highest BCUT2D eigenvalue weighted by Crippen LogP contribution is 2.22. The molecule has 0 aliphatic carbocycles. The normalized spacial score (nSPS) is 12.4. The largest absolute Gasteiger partial charge is 0.314 e. The summed E-state index contributed by atoms with van der Waals surface area (Å²) in [7, 11) is 0. The summed E-state index contributed by atoms with van der Waals surface area (Å²) in [6.07, 6.45) is 1.80. The van der Waals surface area contributed by atoms with Crippen molar-refractivity contribution in [3.8, 4) is 0 Å². The molecule has 0 heterocycles. The third kappa shape index (κ3) is 4.74. The van der Waals surface area contributed by atoms with E-state index in [1.807, 2.05) is 24.3 Å². The Morgan fingerprint density at radius 3 is 2.24 bits per heavy atom. The van der Waals surface area contributed by atoms with Gasteiger partial charge in [0.2, 0.25) is 0 Å². The van der Waals surface area contributed by atoms with Crippen molar-refractivity contribution >= 4 is 23.2 Å². The molecule has 0 amide bonds. The van der Waals surface area contributed by atoms with Gasteiger partial charge in [-0.25, -0.2) is 0 Å². The van der Waals surface area contributed by atoms with Crippen molar-refractivity contribution in [2.24, 2.45) is 0 Å². The Bertz CT molecular complexity index is 596. The van der Waals surface area contributed by atoms with E-state index in [9.17, 15) is 0 Å². The molecule has 0 aliphatic heterocycles. The molecular formula is C18H21Cl2N. The molecule has 1 N–H and O–H groups in total. The number of rotatable bonds is 6. The average molecular weight is 322 g/mol. The van der Waals surface area contributed by atoms with Gasteiger partial charge < -0.3 is 5.32 Å². The van der Waals surface area contributed by atoms with Gasteiger partial charge in [0.15, 0.2) is 0 Å². The number of aryl methyl sites for hydroxylation is 1. The number of hydrogen-bond acceptors (Lipinski definition) is 1. The van der Waals surface area contributed by atoms with E-state index in [2.05, 4.69) is 37.4 Å². The second-order valence-corrected chi connectivity index (χ2v) is 6.16. The molecular weight excluding hydrogens is 301 g/mol. The van der Waals surface area contributed by atoms with Gasteiger partial charge in [-0.2, -0.15) is 0 Å². The van der Waals surface area contributed by atoms with Crippen LogP contribution in [0, 0.1) is 6.92 Å². The first-order valence-corrected chi connectivity index (χ1v) is 8.07. The topological polar surface area (TPSA) is 12.0 Å². The molecule has 0 fully saturated rings. The number of benzene rings is 2. The van der Waals surface area contributed by atoms with Crippen molar-refractivity contribution in [1.82, 2.24) is 5.32 Å². The van der Waals surface area contributed by atoms with Crippen molar-refractivity contribution in [3.63, 3.8) is 0 Å². The van der Waals surface area contributed by atoms with E-state index in [-0.39, 0.29) is 0 Å². The van der Waals surface area contributed by atoms with E-state index in [1.165, 1.54) is 16.7 Å². The molecule has 0 aliphatic rings. The van der Waals surface area contributed by atoms with Gasteiger partial charge in [0.1, 0.15) is 0 Å². The van der Waals surface area contributed by atoms with Gasteiger partial charge in [0.05, 0.1) is 0 Å². The predicted molar refractivity (Wildman–Crippen MR) is 92.5 cm³/mol. The minimum Gasteiger partial charge on any atom is -0.314 e. The van der Waals surface area contributed by atoms with Gasteiger partial charge in [0, 0.05) is 16.1 Å². The second-order valence-electron chi connectivity index (χ2n) is 5.35. The number of halogens is 2. The molecule has 0 saturated carbocycles. The molecule has 1 unspecified atom stereocenters. The summed E-state index contributed by atoms with van der Waals surface area (Å²) in [6, 6.07) is 14.6. The Morgan fingerprint density at radius 1 is 0.952 bits per heavy atom. The third-order valence-corrected chi connectivity index (χ3v) is 4.31. The summed E-state index contributed by atoms with van der Waals surface area (Å²) in [6.45, 7) is 5.11. The van der Waals surface area contributed by atoms with Crippen molar-refractivity contribution in [2.45, 2.75) is 32.7 Å². The fourth-order valence-electron chi connectivity index (χ4n) is 2.52. The van der Waals surface area contributed by atoms with Crippen LogP contribution in [0.2, 0.25) is 10.0 Å². The summed E-state index contributed by atoms with van der Waals surface area (Å²) in [5.74, 6) is 0. The van der Waals surface area contributed by atoms with Gasteiger partial charge in [-0.3, -0.25) is 0 Å². The summed E-state index contributed by atoms with van der Waals surface area (Å²) >= 11 is 12.6. The van der Waals surface area contributed by atoms with Crippen molar-refractivity contribution in [3.05, 3.63) is 69.2 Å². The molecule has 3 heteroatoms. The lowest BCUT2D eigenvalue weighted by atomic mass is 9.98. The lowest BCUT2D eigenvalue weighted by molar-refractivity contribution is 0.521. The monoisotopic (exact) mass is 321 g/mol. The van der Waals surface area contributed by atoms with Gasteiger partial charge in [-0.1, -0.05) is 60.5 Å². The van der Waals surface area contributed by atoms with E-state index in [1.54, 1.807) is 0 Å². The standard InChI is InChI=1S/C18H21Cl2N/c1-3-21-16(11-14-6-4-5-7-17(14)19)12-15-9-8-13(2)10-18(15)20/h4-10,16,21H,3,11-12H2,1-2H3. The quantitative estimate of drug-likeness (QED) is 0.783. The highest BCUT2D eigenvalue weighted by molar-refractivity contribution is 6.31. The van der Waals surface area contributed by atoms with Gasteiger partial charge in [-0.05, 0) is 55.1 Å². The van der Waals surface area contributed by atoms with Crippen molar-refractivity contribution in [2.75, 3.05) is 6.54 Å². The van der Waals surface area contributed by atoms with Crippen LogP contribution in [0.5, 0.6) is 0 Å². The molecule has 0 saturated heterocycles. The first kappa shape index (κ1) is 16.4. The van der Waals surface area contributed by atoms with E-state index in [0.717, 1.165) is 29.4 Å². The van der Waals surface area contributed by atoms with Crippen LogP contribution in [0.1, 0.15) is 23.6 Å². The lowest BCUT2D eigenvalue weighted by Gasteiger charge is -2.19. The molecule has 112 valence electrons. The maximum absolute atomic E-state index is 6.35. The molecule has 21 heavy (non-hydrogen) atoms. The van der Waals surface area contributed by atoms with E-state index < -0.39 is 0 Å². The Kier molecular flexibility index (Phi) is 6.10. The minimum atomic E-state index is 0.329. The third-order valence-electron chi connectivity index (χ3n) is 3.59. The molecule has 0 radical (unpaired) electrons. The summed E-state index contributed by atoms with van der Waals surface area (Å²) in [5.41, 5.74) is 3.54. The number of nitrogens with one attached hydrogen (secondary N) is 1. The summed E-state index contributed by atoms with van der Waals surface area (Å²) in [5, 5.41) is 5.20. The Balaban J connectivity index is 2.14. The fourth-order valence-corrected chi connectivity index (χ4v) is 3.04. The summed E-state index contributed by atoms with van der Waals surface area (Å²) in [4.78, 5) is 0. The molecule has 1 nitrogen and oxygen atoms in total. The second kappa shape index (κ2) is 7.84. The first-order chi connectivity index (χ1) is 10.1. The zero-order valence-electron chi connectivity index (χ0n) is 12.5. The van der Waals surface area contributed by atoms with Gasteiger partial charge in [-0.15, -0.1) is 0 Å². The molecule has 1 atom stereocenters. The number of likely N-dealkylation sites (N-methyl/N-ethyl adjacent to an activating group) is 1. The van der Waals surface area contributed by atoms with E-state index in [0.29, 0.717) is 6.04 Å². The average Bonchev–Trinajstić information content (AvgIpc) is 2.44. The first-order valence-electron chi connectivity index (χ1n) is 7.32. The zero-order chi connectivity index (χ0) is 15.2. The minimum absolute atomic E-state index is 0.329. The van der Waals surface area contributed by atoms with E-state index in [4.69, 9.17) is 23.2 Å². The van der Waals surface area contributed by atoms with Crippen LogP contribution in [0.25, 0.3) is 0 Å². The van der Waals surface area contributed by atoms with Crippen LogP contribution in [0.4, 0.5) is 0 Å². The van der Waals surface area contributed by atoms with Crippen molar-refractivity contribution in [1.29, 1.82) is 0 Å². The number of hydrogen-bond donors (Lipinski definition) is 1. The molecule has 0 bridgehead atoms. The SMILES string of the molecule is CCNC(Cc1ccccc1Cl)Cc1ccc(C)cc1Cl. The smallest absolute Gasteiger partial charge is 0.0441 e. The summed E-state index contributed by atoms with van der Waals surface area (Å²) < 4.78 is 0. The van der Waals surface area contributed by atoms with E-state index >= 15 is 0 Å². The molecule has 2 rings (SSSR count). The van der Waals surface area contributed by atoms with Crippen molar-refractivity contribution < 1.29 is 0 Å². The van der Waals surface area contributed by atoms with Crippen LogP contribution in [-0.4, -0.2) is 12.6 Å². The van der Waals surface area contributed by atoms with Gasteiger partial charge in [0.25, 0.3) is 0 Å². The van der Waals surface area contributed by atoms with Crippen LogP contribution in [-0.2, 0) is 12.8 Å².